The number of rotatable bonds is 9. The van der Waals surface area contributed by atoms with Crippen LogP contribution in [0.2, 0.25) is 0 Å². The molecule has 0 aliphatic rings. The molecule has 4 nitrogen and oxygen atoms in total. The fraction of sp³-hybridized carbons (Fsp3) is 0.250. The van der Waals surface area contributed by atoms with Gasteiger partial charge in [0, 0.05) is 17.2 Å². The third-order valence-electron chi connectivity index (χ3n) is 5.30. The molecule has 0 aliphatic heterocycles. The summed E-state index contributed by atoms with van der Waals surface area (Å²) < 4.78 is 14.5. The Hall–Kier alpha value is -2.23. The van der Waals surface area contributed by atoms with Gasteiger partial charge in [0.2, 0.25) is 7.29 Å². The molecule has 2 atom stereocenters. The van der Waals surface area contributed by atoms with Crippen LogP contribution in [-0.4, -0.2) is 22.9 Å². The van der Waals surface area contributed by atoms with Crippen molar-refractivity contribution in [3.8, 4) is 0 Å². The minimum Gasteiger partial charge on any atom is -0.396 e. The lowest BCUT2D eigenvalue weighted by atomic mass is 9.85. The van der Waals surface area contributed by atoms with Crippen LogP contribution in [0.25, 0.3) is 0 Å². The van der Waals surface area contributed by atoms with Crippen molar-refractivity contribution in [3.05, 3.63) is 96.6 Å². The lowest BCUT2D eigenvalue weighted by Crippen LogP contribution is -2.50. The van der Waals surface area contributed by atoms with Crippen LogP contribution in [0.1, 0.15) is 25.3 Å². The standard InChI is InChI=1S/C24H28NO3P/c1-24(23(27)18-11-19-26,20-12-5-2-6-13-20)25-29(28,21-14-7-3-8-15-21)22-16-9-4-10-17-22/h2-10,12-17,23,26-27H,11,18-19H2,1H3,(H,25,28)/t23-,24+/m1/s1. The Bertz CT molecular complexity index is 891. The van der Waals surface area contributed by atoms with Crippen LogP contribution in [0.15, 0.2) is 91.0 Å². The molecule has 0 fully saturated rings. The number of aliphatic hydroxyl groups excluding tert-OH is 2. The molecule has 0 bridgehead atoms. The van der Waals surface area contributed by atoms with Gasteiger partial charge in [-0.1, -0.05) is 66.7 Å². The van der Waals surface area contributed by atoms with Crippen LogP contribution in [0.4, 0.5) is 0 Å². The summed E-state index contributed by atoms with van der Waals surface area (Å²) in [7, 11) is -3.27. The second-order valence-electron chi connectivity index (χ2n) is 7.34. The van der Waals surface area contributed by atoms with Crippen LogP contribution in [0.3, 0.4) is 0 Å². The number of hydrogen-bond acceptors (Lipinski definition) is 3. The quantitative estimate of drug-likeness (QED) is 0.473. The number of benzene rings is 3. The predicted octanol–water partition coefficient (Wildman–Crippen LogP) is 3.55. The summed E-state index contributed by atoms with van der Waals surface area (Å²) in [6, 6.07) is 28.3. The van der Waals surface area contributed by atoms with Gasteiger partial charge in [0.15, 0.2) is 0 Å². The topological polar surface area (TPSA) is 69.6 Å². The molecular weight excluding hydrogens is 381 g/mol. The van der Waals surface area contributed by atoms with Crippen molar-refractivity contribution in [2.24, 2.45) is 0 Å². The van der Waals surface area contributed by atoms with Crippen molar-refractivity contribution < 1.29 is 14.8 Å². The van der Waals surface area contributed by atoms with E-state index in [1.807, 2.05) is 97.9 Å². The monoisotopic (exact) mass is 409 g/mol. The first-order valence-corrected chi connectivity index (χ1v) is 11.6. The maximum atomic E-state index is 14.5. The smallest absolute Gasteiger partial charge is 0.205 e. The Morgan fingerprint density at radius 3 is 1.76 bits per heavy atom. The Morgan fingerprint density at radius 2 is 1.31 bits per heavy atom. The van der Waals surface area contributed by atoms with Gasteiger partial charge < -0.3 is 10.2 Å². The van der Waals surface area contributed by atoms with E-state index >= 15 is 0 Å². The molecule has 0 heterocycles. The fourth-order valence-electron chi connectivity index (χ4n) is 3.57. The zero-order valence-corrected chi connectivity index (χ0v) is 17.5. The van der Waals surface area contributed by atoms with Gasteiger partial charge in [0.05, 0.1) is 11.6 Å². The summed E-state index contributed by atoms with van der Waals surface area (Å²) in [6.07, 6.45) is 0.0165. The molecule has 0 aliphatic carbocycles. The maximum absolute atomic E-state index is 14.5. The predicted molar refractivity (Wildman–Crippen MR) is 119 cm³/mol. The van der Waals surface area contributed by atoms with E-state index in [0.29, 0.717) is 23.5 Å². The molecule has 0 saturated heterocycles. The minimum atomic E-state index is -3.27. The average molecular weight is 409 g/mol. The minimum absolute atomic E-state index is 0.00301. The molecule has 3 aromatic carbocycles. The molecule has 3 rings (SSSR count). The molecular formula is C24H28NO3P. The first-order valence-electron chi connectivity index (χ1n) is 9.86. The van der Waals surface area contributed by atoms with Crippen LogP contribution in [0, 0.1) is 0 Å². The number of nitrogens with one attached hydrogen (secondary N) is 1. The second-order valence-corrected chi connectivity index (χ2v) is 9.82. The van der Waals surface area contributed by atoms with E-state index in [1.54, 1.807) is 0 Å². The fourth-order valence-corrected chi connectivity index (χ4v) is 6.24. The van der Waals surface area contributed by atoms with Crippen LogP contribution >= 0.6 is 7.29 Å². The molecule has 0 amide bonds. The first kappa shape index (κ1) is 21.5. The average Bonchev–Trinajstić information content (AvgIpc) is 2.79. The maximum Gasteiger partial charge on any atom is 0.205 e. The Labute approximate surface area is 172 Å². The highest BCUT2D eigenvalue weighted by molar-refractivity contribution is 7.77. The van der Waals surface area contributed by atoms with Crippen molar-refractivity contribution in [1.82, 2.24) is 5.09 Å². The van der Waals surface area contributed by atoms with E-state index in [-0.39, 0.29) is 6.61 Å². The van der Waals surface area contributed by atoms with Crippen LogP contribution in [0.5, 0.6) is 0 Å². The largest absolute Gasteiger partial charge is 0.396 e. The van der Waals surface area contributed by atoms with Gasteiger partial charge in [-0.15, -0.1) is 0 Å². The van der Waals surface area contributed by atoms with Gasteiger partial charge in [-0.25, -0.2) is 5.09 Å². The third kappa shape index (κ3) is 4.68. The SMILES string of the molecule is C[C@](NP(=O)(c1ccccc1)c1ccccc1)(c1ccccc1)[C@H](O)CCCO. The summed E-state index contributed by atoms with van der Waals surface area (Å²) in [5.41, 5.74) is -0.130. The molecule has 5 heteroatoms. The zero-order valence-electron chi connectivity index (χ0n) is 16.6. The van der Waals surface area contributed by atoms with Gasteiger partial charge >= 0.3 is 0 Å². The normalized spacial score (nSPS) is 14.9. The highest BCUT2D eigenvalue weighted by atomic mass is 31.2. The van der Waals surface area contributed by atoms with Crippen molar-refractivity contribution in [3.63, 3.8) is 0 Å². The summed E-state index contributed by atoms with van der Waals surface area (Å²) in [5, 5.41) is 25.1. The number of aliphatic hydroxyl groups is 2. The van der Waals surface area contributed by atoms with E-state index in [1.165, 1.54) is 0 Å². The molecule has 29 heavy (non-hydrogen) atoms. The Kier molecular flexibility index (Phi) is 7.05. The van der Waals surface area contributed by atoms with E-state index in [0.717, 1.165) is 5.56 Å². The zero-order chi connectivity index (χ0) is 20.7. The third-order valence-corrected chi connectivity index (χ3v) is 8.14. The Balaban J connectivity index is 2.12. The van der Waals surface area contributed by atoms with Gasteiger partial charge in [-0.3, -0.25) is 4.57 Å². The van der Waals surface area contributed by atoms with E-state index in [2.05, 4.69) is 5.09 Å². The van der Waals surface area contributed by atoms with Gasteiger partial charge in [-0.05, 0) is 49.6 Å². The molecule has 0 saturated carbocycles. The lowest BCUT2D eigenvalue weighted by molar-refractivity contribution is 0.0676. The van der Waals surface area contributed by atoms with Gasteiger partial charge in [0.25, 0.3) is 0 Å². The molecule has 0 unspecified atom stereocenters. The van der Waals surface area contributed by atoms with Crippen molar-refractivity contribution in [2.75, 3.05) is 6.61 Å². The summed E-state index contributed by atoms with van der Waals surface area (Å²) in [5.74, 6) is 0. The van der Waals surface area contributed by atoms with E-state index < -0.39 is 18.9 Å². The summed E-state index contributed by atoms with van der Waals surface area (Å²) in [4.78, 5) is 0. The van der Waals surface area contributed by atoms with Crippen molar-refractivity contribution in [1.29, 1.82) is 0 Å². The van der Waals surface area contributed by atoms with Crippen molar-refractivity contribution in [2.45, 2.75) is 31.4 Å². The highest BCUT2D eigenvalue weighted by Crippen LogP contribution is 2.45. The molecule has 0 radical (unpaired) electrons. The first-order chi connectivity index (χ1) is 14.0. The highest BCUT2D eigenvalue weighted by Gasteiger charge is 2.42. The Morgan fingerprint density at radius 1 is 0.862 bits per heavy atom. The summed E-state index contributed by atoms with van der Waals surface area (Å²) in [6.45, 7) is 1.87. The van der Waals surface area contributed by atoms with E-state index in [4.69, 9.17) is 0 Å². The van der Waals surface area contributed by atoms with Gasteiger partial charge in [-0.2, -0.15) is 0 Å². The van der Waals surface area contributed by atoms with Crippen LogP contribution < -0.4 is 15.7 Å². The van der Waals surface area contributed by atoms with Crippen LogP contribution in [-0.2, 0) is 10.1 Å². The number of hydrogen-bond donors (Lipinski definition) is 3. The summed E-state index contributed by atoms with van der Waals surface area (Å²) >= 11 is 0. The van der Waals surface area contributed by atoms with Crippen molar-refractivity contribution >= 4 is 17.9 Å². The second kappa shape index (κ2) is 9.51. The molecule has 0 spiro atoms. The lowest BCUT2D eigenvalue weighted by Gasteiger charge is -2.39. The molecule has 152 valence electrons. The molecule has 0 aromatic heterocycles. The van der Waals surface area contributed by atoms with E-state index in [9.17, 15) is 14.8 Å². The molecule has 3 N–H and O–H groups in total. The molecule has 3 aromatic rings. The van der Waals surface area contributed by atoms with Gasteiger partial charge in [0.1, 0.15) is 0 Å².